The minimum atomic E-state index is 0.339. The number of carbonyl (C=O) groups is 1. The fourth-order valence-electron chi connectivity index (χ4n) is 3.91. The van der Waals surface area contributed by atoms with Crippen molar-refractivity contribution in [2.45, 2.75) is 44.6 Å². The van der Waals surface area contributed by atoms with Crippen LogP contribution in [-0.2, 0) is 4.79 Å². The van der Waals surface area contributed by atoms with Gasteiger partial charge in [-0.1, -0.05) is 31.0 Å². The fourth-order valence-corrected chi connectivity index (χ4v) is 4.60. The van der Waals surface area contributed by atoms with Crippen LogP contribution >= 0.6 is 11.8 Å². The molecule has 0 radical (unpaired) electrons. The van der Waals surface area contributed by atoms with Gasteiger partial charge in [0, 0.05) is 18.3 Å². The maximum atomic E-state index is 12.6. The van der Waals surface area contributed by atoms with Gasteiger partial charge < -0.3 is 9.64 Å². The molecule has 1 aliphatic heterocycles. The van der Waals surface area contributed by atoms with Gasteiger partial charge in [0.15, 0.2) is 0 Å². The molecule has 2 fully saturated rings. The van der Waals surface area contributed by atoms with Crippen molar-refractivity contribution in [3.8, 4) is 5.75 Å². The van der Waals surface area contributed by atoms with Crippen LogP contribution in [0.15, 0.2) is 30.3 Å². The Bertz CT molecular complexity index is 491. The molecule has 1 heterocycles. The van der Waals surface area contributed by atoms with Crippen LogP contribution in [0, 0.1) is 5.92 Å². The zero-order valence-corrected chi connectivity index (χ0v) is 14.6. The third-order valence-corrected chi connectivity index (χ3v) is 5.94. The van der Waals surface area contributed by atoms with E-state index < -0.39 is 0 Å². The summed E-state index contributed by atoms with van der Waals surface area (Å²) in [6, 6.07) is 10.4. The molecule has 1 aliphatic carbocycles. The van der Waals surface area contributed by atoms with Crippen LogP contribution < -0.4 is 4.74 Å². The summed E-state index contributed by atoms with van der Waals surface area (Å²) < 4.78 is 5.67. The smallest absolute Gasteiger partial charge is 0.232 e. The molecular formula is C19H27NO2S. The van der Waals surface area contributed by atoms with Crippen molar-refractivity contribution in [1.29, 1.82) is 0 Å². The molecule has 126 valence electrons. The van der Waals surface area contributed by atoms with Crippen molar-refractivity contribution in [2.75, 3.05) is 24.7 Å². The van der Waals surface area contributed by atoms with Gasteiger partial charge in [-0.25, -0.2) is 0 Å². The summed E-state index contributed by atoms with van der Waals surface area (Å²) in [5, 5.41) is 0. The number of carbonyl (C=O) groups excluding carboxylic acids is 1. The van der Waals surface area contributed by atoms with Crippen LogP contribution in [-0.4, -0.2) is 41.5 Å². The lowest BCUT2D eigenvalue weighted by Gasteiger charge is -2.44. The molecule has 4 heteroatoms. The van der Waals surface area contributed by atoms with Crippen molar-refractivity contribution < 1.29 is 9.53 Å². The van der Waals surface area contributed by atoms with Crippen molar-refractivity contribution in [1.82, 2.24) is 4.90 Å². The lowest BCUT2D eigenvalue weighted by molar-refractivity contribution is -0.134. The molecule has 0 bridgehead atoms. The van der Waals surface area contributed by atoms with E-state index in [1.165, 1.54) is 38.5 Å². The molecule has 1 saturated heterocycles. The lowest BCUT2D eigenvalue weighted by Crippen LogP contribution is -2.50. The monoisotopic (exact) mass is 333 g/mol. The number of amides is 1. The van der Waals surface area contributed by atoms with Crippen LogP contribution in [0.2, 0.25) is 0 Å². The summed E-state index contributed by atoms with van der Waals surface area (Å²) >= 11 is 1.70. The molecule has 2 aliphatic rings. The van der Waals surface area contributed by atoms with Crippen molar-refractivity contribution in [2.24, 2.45) is 5.92 Å². The molecule has 1 aromatic rings. The highest BCUT2D eigenvalue weighted by molar-refractivity contribution is 7.99. The first-order valence-electron chi connectivity index (χ1n) is 8.89. The molecule has 0 N–H and O–H groups in total. The number of fused-ring (bicyclic) bond motifs is 1. The van der Waals surface area contributed by atoms with Gasteiger partial charge in [0.1, 0.15) is 5.75 Å². The van der Waals surface area contributed by atoms with Gasteiger partial charge in [0.25, 0.3) is 0 Å². The van der Waals surface area contributed by atoms with Gasteiger partial charge in [-0.3, -0.25) is 4.79 Å². The van der Waals surface area contributed by atoms with Crippen molar-refractivity contribution >= 4 is 17.7 Å². The van der Waals surface area contributed by atoms with Gasteiger partial charge in [-0.05, 0) is 43.7 Å². The van der Waals surface area contributed by atoms with E-state index in [9.17, 15) is 4.79 Å². The van der Waals surface area contributed by atoms with Gasteiger partial charge in [0.2, 0.25) is 5.91 Å². The van der Waals surface area contributed by atoms with E-state index in [0.717, 1.165) is 24.0 Å². The molecule has 3 nitrogen and oxygen atoms in total. The maximum Gasteiger partial charge on any atom is 0.232 e. The summed E-state index contributed by atoms with van der Waals surface area (Å²) in [6.07, 6.45) is 7.71. The molecule has 0 spiro atoms. The van der Waals surface area contributed by atoms with Gasteiger partial charge >= 0.3 is 0 Å². The van der Waals surface area contributed by atoms with Crippen LogP contribution in [0.4, 0.5) is 0 Å². The van der Waals surface area contributed by atoms with Crippen LogP contribution in [0.25, 0.3) is 0 Å². The molecule has 23 heavy (non-hydrogen) atoms. The number of nitrogens with zero attached hydrogens (tertiary/aromatic N) is 1. The van der Waals surface area contributed by atoms with Crippen LogP contribution in [0.5, 0.6) is 5.75 Å². The first kappa shape index (κ1) is 16.7. The number of ether oxygens (including phenoxy) is 1. The fraction of sp³-hybridized carbons (Fsp3) is 0.632. The SMILES string of the molecule is O=C(CSCCOc1ccccc1)N1CCCC2CCCCC21. The van der Waals surface area contributed by atoms with E-state index in [0.29, 0.717) is 24.3 Å². The third kappa shape index (κ3) is 4.66. The van der Waals surface area contributed by atoms with Gasteiger partial charge in [-0.15, -0.1) is 11.8 Å². The second kappa shape index (κ2) is 8.62. The highest BCUT2D eigenvalue weighted by Gasteiger charge is 2.35. The highest BCUT2D eigenvalue weighted by atomic mass is 32.2. The summed E-state index contributed by atoms with van der Waals surface area (Å²) in [5.41, 5.74) is 0. The number of thioether (sulfide) groups is 1. The predicted molar refractivity (Wildman–Crippen MR) is 96.0 cm³/mol. The van der Waals surface area contributed by atoms with Gasteiger partial charge in [-0.2, -0.15) is 0 Å². The molecule has 1 amide bonds. The predicted octanol–water partition coefficient (Wildman–Crippen LogP) is 3.98. The number of para-hydroxylation sites is 1. The Hall–Kier alpha value is -1.16. The summed E-state index contributed by atoms with van der Waals surface area (Å²) in [4.78, 5) is 14.7. The Balaban J connectivity index is 1.37. The van der Waals surface area contributed by atoms with E-state index in [-0.39, 0.29) is 0 Å². The summed E-state index contributed by atoms with van der Waals surface area (Å²) in [5.74, 6) is 3.48. The Morgan fingerprint density at radius 1 is 1.13 bits per heavy atom. The Morgan fingerprint density at radius 2 is 1.91 bits per heavy atom. The summed E-state index contributed by atoms with van der Waals surface area (Å²) in [6.45, 7) is 1.63. The number of benzene rings is 1. The molecule has 1 saturated carbocycles. The lowest BCUT2D eigenvalue weighted by atomic mass is 9.78. The van der Waals surface area contributed by atoms with Crippen LogP contribution in [0.1, 0.15) is 38.5 Å². The zero-order valence-electron chi connectivity index (χ0n) is 13.8. The molecular weight excluding hydrogens is 306 g/mol. The number of likely N-dealkylation sites (tertiary alicyclic amines) is 1. The summed E-state index contributed by atoms with van der Waals surface area (Å²) in [7, 11) is 0. The first-order chi connectivity index (χ1) is 11.3. The Kier molecular flexibility index (Phi) is 6.26. The quantitative estimate of drug-likeness (QED) is 0.738. The Labute approximate surface area is 143 Å². The zero-order chi connectivity index (χ0) is 15.9. The molecule has 3 rings (SSSR count). The van der Waals surface area contributed by atoms with E-state index in [4.69, 9.17) is 4.74 Å². The minimum Gasteiger partial charge on any atom is -0.493 e. The number of hydrogen-bond donors (Lipinski definition) is 0. The topological polar surface area (TPSA) is 29.5 Å². The first-order valence-corrected chi connectivity index (χ1v) is 10.0. The average molecular weight is 333 g/mol. The highest BCUT2D eigenvalue weighted by Crippen LogP contribution is 2.35. The van der Waals surface area contributed by atoms with E-state index in [1.807, 2.05) is 30.3 Å². The number of rotatable bonds is 6. The Morgan fingerprint density at radius 3 is 2.78 bits per heavy atom. The van der Waals surface area contributed by atoms with Crippen LogP contribution in [0.3, 0.4) is 0 Å². The number of hydrogen-bond acceptors (Lipinski definition) is 3. The molecule has 0 aromatic heterocycles. The standard InChI is InChI=1S/C19H27NO2S/c21-19(15-23-14-13-22-17-9-2-1-3-10-17)20-12-6-8-16-7-4-5-11-18(16)20/h1-3,9-10,16,18H,4-8,11-15H2. The van der Waals surface area contributed by atoms with E-state index in [1.54, 1.807) is 11.8 Å². The minimum absolute atomic E-state index is 0.339. The van der Waals surface area contributed by atoms with Gasteiger partial charge in [0.05, 0.1) is 12.4 Å². The van der Waals surface area contributed by atoms with Crippen molar-refractivity contribution in [3.05, 3.63) is 30.3 Å². The molecule has 2 atom stereocenters. The second-order valence-corrected chi connectivity index (χ2v) is 7.66. The number of piperidine rings is 1. The normalized spacial score (nSPS) is 24.1. The molecule has 1 aromatic carbocycles. The molecule has 2 unspecified atom stereocenters. The maximum absolute atomic E-state index is 12.6. The third-order valence-electron chi connectivity index (χ3n) is 5.03. The largest absolute Gasteiger partial charge is 0.493 e. The van der Waals surface area contributed by atoms with E-state index >= 15 is 0 Å². The average Bonchev–Trinajstić information content (AvgIpc) is 2.61. The van der Waals surface area contributed by atoms with Crippen molar-refractivity contribution in [3.63, 3.8) is 0 Å². The van der Waals surface area contributed by atoms with E-state index in [2.05, 4.69) is 4.90 Å². The second-order valence-electron chi connectivity index (χ2n) is 6.56.